The molecule has 1 saturated heterocycles. The Hall–Kier alpha value is -0.650. The number of carbonyl (C=O) groups excluding carboxylic acids is 1. The number of nitrogens with zero attached hydrogens (tertiary/aromatic N) is 1. The van der Waals surface area contributed by atoms with Gasteiger partial charge in [-0.3, -0.25) is 4.79 Å². The van der Waals surface area contributed by atoms with Crippen LogP contribution in [0.25, 0.3) is 0 Å². The number of likely N-dealkylation sites (N-methyl/N-ethyl adjacent to an activating group) is 1. The Morgan fingerprint density at radius 3 is 2.82 bits per heavy atom. The third-order valence-corrected chi connectivity index (χ3v) is 2.98. The second kappa shape index (κ2) is 7.63. The van der Waals surface area contributed by atoms with Crippen LogP contribution >= 0.6 is 0 Å². The van der Waals surface area contributed by atoms with Crippen molar-refractivity contribution in [2.24, 2.45) is 5.92 Å². The number of amides is 1. The number of rotatable bonds is 7. The van der Waals surface area contributed by atoms with Crippen molar-refractivity contribution in [2.75, 3.05) is 39.5 Å². The highest BCUT2D eigenvalue weighted by molar-refractivity contribution is 5.79. The molecule has 2 unspecified atom stereocenters. The summed E-state index contributed by atoms with van der Waals surface area (Å²) in [6, 6.07) is 0. The predicted molar refractivity (Wildman–Crippen MR) is 63.7 cm³/mol. The van der Waals surface area contributed by atoms with Crippen LogP contribution in [0.1, 0.15) is 20.3 Å². The SMILES string of the molecule is CCN(CCOCCO)C(=O)C1COC(C)C1. The van der Waals surface area contributed by atoms with Crippen molar-refractivity contribution in [3.63, 3.8) is 0 Å². The number of aliphatic hydroxyl groups is 1. The molecule has 0 aromatic heterocycles. The van der Waals surface area contributed by atoms with Crippen LogP contribution in [0.15, 0.2) is 0 Å². The van der Waals surface area contributed by atoms with Gasteiger partial charge in [0.15, 0.2) is 0 Å². The first-order chi connectivity index (χ1) is 8.19. The van der Waals surface area contributed by atoms with Gasteiger partial charge in [0.05, 0.1) is 38.4 Å². The topological polar surface area (TPSA) is 59.0 Å². The molecule has 1 rings (SSSR count). The lowest BCUT2D eigenvalue weighted by molar-refractivity contribution is -0.136. The molecule has 0 bridgehead atoms. The highest BCUT2D eigenvalue weighted by Crippen LogP contribution is 2.21. The minimum absolute atomic E-state index is 0.00259. The molecule has 100 valence electrons. The van der Waals surface area contributed by atoms with Gasteiger partial charge in [0.2, 0.25) is 5.91 Å². The molecule has 0 saturated carbocycles. The molecule has 2 atom stereocenters. The summed E-state index contributed by atoms with van der Waals surface area (Å²) in [7, 11) is 0. The highest BCUT2D eigenvalue weighted by atomic mass is 16.5. The molecule has 5 heteroatoms. The molecule has 1 N–H and O–H groups in total. The Labute approximate surface area is 103 Å². The molecule has 0 aromatic rings. The van der Waals surface area contributed by atoms with Crippen LogP contribution < -0.4 is 0 Å². The molecular formula is C12H23NO4. The van der Waals surface area contributed by atoms with Crippen LogP contribution in [-0.4, -0.2) is 61.5 Å². The fourth-order valence-corrected chi connectivity index (χ4v) is 2.01. The van der Waals surface area contributed by atoms with E-state index < -0.39 is 0 Å². The van der Waals surface area contributed by atoms with E-state index >= 15 is 0 Å². The molecule has 1 fully saturated rings. The van der Waals surface area contributed by atoms with Crippen molar-refractivity contribution in [2.45, 2.75) is 26.4 Å². The van der Waals surface area contributed by atoms with Crippen LogP contribution in [-0.2, 0) is 14.3 Å². The summed E-state index contributed by atoms with van der Waals surface area (Å²) in [6.07, 6.45) is 1.00. The summed E-state index contributed by atoms with van der Waals surface area (Å²) in [6.45, 7) is 6.59. The standard InChI is InChI=1S/C12H23NO4/c1-3-13(4-6-16-7-5-14)12(15)11-8-10(2)17-9-11/h10-11,14H,3-9H2,1-2H3. The molecule has 1 heterocycles. The zero-order chi connectivity index (χ0) is 12.7. The minimum atomic E-state index is 0.00259. The summed E-state index contributed by atoms with van der Waals surface area (Å²) in [4.78, 5) is 13.9. The Morgan fingerprint density at radius 2 is 2.29 bits per heavy atom. The van der Waals surface area contributed by atoms with Crippen LogP contribution in [0.4, 0.5) is 0 Å². The second-order valence-electron chi connectivity index (χ2n) is 4.33. The van der Waals surface area contributed by atoms with Gasteiger partial charge in [0.1, 0.15) is 0 Å². The maximum Gasteiger partial charge on any atom is 0.228 e. The largest absolute Gasteiger partial charge is 0.394 e. The molecule has 1 aliphatic heterocycles. The van der Waals surface area contributed by atoms with E-state index in [2.05, 4.69) is 0 Å². The number of carbonyl (C=O) groups is 1. The first kappa shape index (κ1) is 14.4. The van der Waals surface area contributed by atoms with Gasteiger partial charge in [-0.15, -0.1) is 0 Å². The van der Waals surface area contributed by atoms with Crippen LogP contribution in [0.2, 0.25) is 0 Å². The van der Waals surface area contributed by atoms with E-state index in [1.54, 1.807) is 4.90 Å². The molecule has 5 nitrogen and oxygen atoms in total. The van der Waals surface area contributed by atoms with Crippen LogP contribution in [0.3, 0.4) is 0 Å². The monoisotopic (exact) mass is 245 g/mol. The van der Waals surface area contributed by atoms with E-state index in [0.717, 1.165) is 6.42 Å². The second-order valence-corrected chi connectivity index (χ2v) is 4.33. The lowest BCUT2D eigenvalue weighted by Gasteiger charge is -2.23. The lowest BCUT2D eigenvalue weighted by atomic mass is 10.0. The zero-order valence-corrected chi connectivity index (χ0v) is 10.7. The van der Waals surface area contributed by atoms with Gasteiger partial charge < -0.3 is 19.5 Å². The summed E-state index contributed by atoms with van der Waals surface area (Å²) >= 11 is 0. The Morgan fingerprint density at radius 1 is 1.53 bits per heavy atom. The molecule has 1 amide bonds. The van der Waals surface area contributed by atoms with Crippen LogP contribution in [0.5, 0.6) is 0 Å². The van der Waals surface area contributed by atoms with Crippen LogP contribution in [0, 0.1) is 5.92 Å². The molecule has 0 spiro atoms. The molecule has 0 radical (unpaired) electrons. The number of aliphatic hydroxyl groups excluding tert-OH is 1. The van der Waals surface area contributed by atoms with Crippen molar-refractivity contribution in [3.8, 4) is 0 Å². The quantitative estimate of drug-likeness (QED) is 0.654. The highest BCUT2D eigenvalue weighted by Gasteiger charge is 2.30. The number of hydrogen-bond donors (Lipinski definition) is 1. The fraction of sp³-hybridized carbons (Fsp3) is 0.917. The normalized spacial score (nSPS) is 23.9. The lowest BCUT2D eigenvalue weighted by Crippen LogP contribution is -2.38. The van der Waals surface area contributed by atoms with Crippen molar-refractivity contribution < 1.29 is 19.4 Å². The predicted octanol–water partition coefficient (Wildman–Crippen LogP) is 0.269. The number of ether oxygens (including phenoxy) is 2. The summed E-state index contributed by atoms with van der Waals surface area (Å²) in [5.41, 5.74) is 0. The van der Waals surface area contributed by atoms with E-state index in [-0.39, 0.29) is 24.5 Å². The first-order valence-corrected chi connectivity index (χ1v) is 6.28. The smallest absolute Gasteiger partial charge is 0.228 e. The van der Waals surface area contributed by atoms with Gasteiger partial charge in [-0.25, -0.2) is 0 Å². The average Bonchev–Trinajstić information content (AvgIpc) is 2.75. The fourth-order valence-electron chi connectivity index (χ4n) is 2.01. The van der Waals surface area contributed by atoms with Crippen molar-refractivity contribution in [1.29, 1.82) is 0 Å². The maximum absolute atomic E-state index is 12.1. The summed E-state index contributed by atoms with van der Waals surface area (Å²) in [5.74, 6) is 0.159. The van der Waals surface area contributed by atoms with E-state index in [1.165, 1.54) is 0 Å². The van der Waals surface area contributed by atoms with E-state index in [0.29, 0.717) is 32.9 Å². The molecule has 17 heavy (non-hydrogen) atoms. The van der Waals surface area contributed by atoms with E-state index in [9.17, 15) is 4.79 Å². The van der Waals surface area contributed by atoms with Crippen molar-refractivity contribution in [3.05, 3.63) is 0 Å². The Bertz CT molecular complexity index is 235. The van der Waals surface area contributed by atoms with Crippen molar-refractivity contribution in [1.82, 2.24) is 4.90 Å². The first-order valence-electron chi connectivity index (χ1n) is 6.28. The molecular weight excluding hydrogens is 222 g/mol. The summed E-state index contributed by atoms with van der Waals surface area (Å²) in [5, 5.41) is 8.58. The third-order valence-electron chi connectivity index (χ3n) is 2.98. The Balaban J connectivity index is 2.30. The minimum Gasteiger partial charge on any atom is -0.394 e. The van der Waals surface area contributed by atoms with Gasteiger partial charge in [0.25, 0.3) is 0 Å². The molecule has 0 aliphatic carbocycles. The van der Waals surface area contributed by atoms with Crippen molar-refractivity contribution >= 4 is 5.91 Å². The van der Waals surface area contributed by atoms with Gasteiger partial charge in [-0.05, 0) is 20.3 Å². The zero-order valence-electron chi connectivity index (χ0n) is 10.7. The van der Waals surface area contributed by atoms with Gasteiger partial charge in [-0.2, -0.15) is 0 Å². The van der Waals surface area contributed by atoms with Gasteiger partial charge in [-0.1, -0.05) is 0 Å². The van der Waals surface area contributed by atoms with Gasteiger partial charge >= 0.3 is 0 Å². The average molecular weight is 245 g/mol. The maximum atomic E-state index is 12.1. The van der Waals surface area contributed by atoms with E-state index in [4.69, 9.17) is 14.6 Å². The summed E-state index contributed by atoms with van der Waals surface area (Å²) < 4.78 is 10.6. The Kier molecular flexibility index (Phi) is 6.47. The van der Waals surface area contributed by atoms with Gasteiger partial charge in [0, 0.05) is 13.1 Å². The third kappa shape index (κ3) is 4.61. The van der Waals surface area contributed by atoms with E-state index in [1.807, 2.05) is 13.8 Å². The molecule has 1 aliphatic rings. The molecule has 0 aromatic carbocycles. The number of hydrogen-bond acceptors (Lipinski definition) is 4.